The van der Waals surface area contributed by atoms with E-state index in [1.54, 1.807) is 6.20 Å². The van der Waals surface area contributed by atoms with Crippen LogP contribution in [0.2, 0.25) is 0 Å². The molecule has 0 aromatic carbocycles. The van der Waals surface area contributed by atoms with Crippen molar-refractivity contribution in [3.05, 3.63) is 18.3 Å². The summed E-state index contributed by atoms with van der Waals surface area (Å²) < 4.78 is 0. The van der Waals surface area contributed by atoms with Crippen LogP contribution in [0.4, 0.5) is 11.5 Å². The molecule has 1 aromatic rings. The molecule has 0 aliphatic rings. The molecule has 3 heteroatoms. The summed E-state index contributed by atoms with van der Waals surface area (Å²) in [6.45, 7) is 6.64. The van der Waals surface area contributed by atoms with Gasteiger partial charge in [-0.25, -0.2) is 4.98 Å². The Labute approximate surface area is 92.1 Å². The Morgan fingerprint density at radius 1 is 1.20 bits per heavy atom. The maximum atomic E-state index is 5.55. The lowest BCUT2D eigenvalue weighted by Gasteiger charge is -2.32. The Balaban J connectivity index is 2.78. The van der Waals surface area contributed by atoms with E-state index in [1.165, 1.54) is 0 Å². The number of anilines is 2. The van der Waals surface area contributed by atoms with Crippen LogP contribution >= 0.6 is 0 Å². The minimum absolute atomic E-state index is 0.192. The summed E-state index contributed by atoms with van der Waals surface area (Å²) in [5.41, 5.74) is 6.79. The molecule has 0 bridgehead atoms. The van der Waals surface area contributed by atoms with Crippen LogP contribution in [0.15, 0.2) is 18.3 Å². The van der Waals surface area contributed by atoms with Gasteiger partial charge in [0.2, 0.25) is 0 Å². The van der Waals surface area contributed by atoms with Crippen LogP contribution in [-0.4, -0.2) is 10.5 Å². The van der Waals surface area contributed by atoms with Gasteiger partial charge in [0, 0.05) is 5.54 Å². The third kappa shape index (κ3) is 2.85. The van der Waals surface area contributed by atoms with E-state index < -0.39 is 0 Å². The first kappa shape index (κ1) is 11.8. The number of aromatic nitrogens is 1. The zero-order valence-corrected chi connectivity index (χ0v) is 9.88. The summed E-state index contributed by atoms with van der Waals surface area (Å²) in [5, 5.41) is 3.55. The van der Waals surface area contributed by atoms with Crippen LogP contribution in [0.3, 0.4) is 0 Å². The van der Waals surface area contributed by atoms with Crippen molar-refractivity contribution in [2.24, 2.45) is 0 Å². The van der Waals surface area contributed by atoms with Gasteiger partial charge in [0.1, 0.15) is 5.82 Å². The van der Waals surface area contributed by atoms with Gasteiger partial charge in [-0.1, -0.05) is 20.8 Å². The van der Waals surface area contributed by atoms with Crippen LogP contribution < -0.4 is 11.1 Å². The smallest absolute Gasteiger partial charge is 0.123 e. The van der Waals surface area contributed by atoms with Gasteiger partial charge in [-0.3, -0.25) is 0 Å². The van der Waals surface area contributed by atoms with Gasteiger partial charge in [-0.2, -0.15) is 0 Å². The summed E-state index contributed by atoms with van der Waals surface area (Å²) in [6.07, 6.45) is 5.14. The van der Waals surface area contributed by atoms with Crippen molar-refractivity contribution >= 4 is 11.5 Å². The van der Waals surface area contributed by atoms with Gasteiger partial charge in [0.25, 0.3) is 0 Å². The molecule has 0 aliphatic heterocycles. The number of nitrogens with two attached hydrogens (primary N) is 1. The lowest BCUT2D eigenvalue weighted by molar-refractivity contribution is 0.420. The van der Waals surface area contributed by atoms with Crippen molar-refractivity contribution < 1.29 is 0 Å². The summed E-state index contributed by atoms with van der Waals surface area (Å²) >= 11 is 0. The van der Waals surface area contributed by atoms with E-state index >= 15 is 0 Å². The maximum Gasteiger partial charge on any atom is 0.123 e. The molecule has 0 saturated carbocycles. The van der Waals surface area contributed by atoms with Crippen molar-refractivity contribution in [1.82, 2.24) is 4.98 Å². The third-order valence-corrected chi connectivity index (χ3v) is 3.23. The number of hydrogen-bond acceptors (Lipinski definition) is 3. The molecule has 0 atom stereocenters. The molecule has 1 rings (SSSR count). The van der Waals surface area contributed by atoms with Gasteiger partial charge in [-0.05, 0) is 31.4 Å². The second-order valence-electron chi connectivity index (χ2n) is 3.94. The first-order valence-corrected chi connectivity index (χ1v) is 5.65. The van der Waals surface area contributed by atoms with Gasteiger partial charge in [0.05, 0.1) is 11.9 Å². The van der Waals surface area contributed by atoms with Crippen molar-refractivity contribution in [1.29, 1.82) is 0 Å². The highest BCUT2D eigenvalue weighted by Gasteiger charge is 2.23. The van der Waals surface area contributed by atoms with Crippen LogP contribution in [-0.2, 0) is 0 Å². The highest BCUT2D eigenvalue weighted by molar-refractivity contribution is 5.47. The number of nitrogen functional groups attached to an aromatic ring is 1. The zero-order valence-electron chi connectivity index (χ0n) is 9.88. The molecule has 15 heavy (non-hydrogen) atoms. The molecule has 3 nitrogen and oxygen atoms in total. The number of hydrogen-bond donors (Lipinski definition) is 2. The average Bonchev–Trinajstić information content (AvgIpc) is 2.29. The second kappa shape index (κ2) is 5.01. The standard InChI is InChI=1S/C12H21N3/c1-4-12(5-2,6-3)15-10-7-8-11(13)14-9-10/h7-9,15H,4-6H2,1-3H3,(H2,13,14). The molecule has 1 aromatic heterocycles. The van der Waals surface area contributed by atoms with E-state index in [0.717, 1.165) is 24.9 Å². The lowest BCUT2D eigenvalue weighted by Crippen LogP contribution is -2.36. The minimum atomic E-state index is 0.192. The predicted molar refractivity (Wildman–Crippen MR) is 65.9 cm³/mol. The Bertz CT molecular complexity index is 280. The van der Waals surface area contributed by atoms with Gasteiger partial charge < -0.3 is 11.1 Å². The molecule has 3 N–H and O–H groups in total. The molecule has 0 amide bonds. The zero-order chi connectivity index (χ0) is 11.3. The topological polar surface area (TPSA) is 50.9 Å². The Morgan fingerprint density at radius 2 is 1.80 bits per heavy atom. The van der Waals surface area contributed by atoms with Crippen molar-refractivity contribution in [2.75, 3.05) is 11.1 Å². The Hall–Kier alpha value is -1.25. The maximum absolute atomic E-state index is 5.55. The fraction of sp³-hybridized carbons (Fsp3) is 0.583. The average molecular weight is 207 g/mol. The number of pyridine rings is 1. The van der Waals surface area contributed by atoms with Crippen molar-refractivity contribution in [3.8, 4) is 0 Å². The Morgan fingerprint density at radius 3 is 2.20 bits per heavy atom. The van der Waals surface area contributed by atoms with Crippen LogP contribution in [0.1, 0.15) is 40.0 Å². The Kier molecular flexibility index (Phi) is 3.95. The summed E-state index contributed by atoms with van der Waals surface area (Å²) in [6, 6.07) is 3.81. The first-order chi connectivity index (χ1) is 7.15. The molecule has 1 heterocycles. The fourth-order valence-electron chi connectivity index (χ4n) is 1.80. The predicted octanol–water partition coefficient (Wildman–Crippen LogP) is 3.04. The second-order valence-corrected chi connectivity index (χ2v) is 3.94. The fourth-order valence-corrected chi connectivity index (χ4v) is 1.80. The number of rotatable bonds is 5. The molecule has 0 spiro atoms. The summed E-state index contributed by atoms with van der Waals surface area (Å²) in [5.74, 6) is 0.565. The lowest BCUT2D eigenvalue weighted by atomic mass is 9.89. The molecule has 0 aliphatic carbocycles. The monoisotopic (exact) mass is 207 g/mol. The molecule has 0 fully saturated rings. The minimum Gasteiger partial charge on any atom is -0.384 e. The first-order valence-electron chi connectivity index (χ1n) is 5.65. The van der Waals surface area contributed by atoms with E-state index in [2.05, 4.69) is 31.1 Å². The van der Waals surface area contributed by atoms with E-state index in [1.807, 2.05) is 12.1 Å². The molecule has 0 radical (unpaired) electrons. The van der Waals surface area contributed by atoms with Crippen molar-refractivity contribution in [2.45, 2.75) is 45.6 Å². The van der Waals surface area contributed by atoms with Gasteiger partial charge >= 0.3 is 0 Å². The highest BCUT2D eigenvalue weighted by atomic mass is 15.0. The quantitative estimate of drug-likeness (QED) is 0.780. The summed E-state index contributed by atoms with van der Waals surface area (Å²) in [7, 11) is 0. The summed E-state index contributed by atoms with van der Waals surface area (Å²) in [4.78, 5) is 4.08. The van der Waals surface area contributed by atoms with Crippen LogP contribution in [0.5, 0.6) is 0 Å². The van der Waals surface area contributed by atoms with Crippen LogP contribution in [0, 0.1) is 0 Å². The van der Waals surface area contributed by atoms with E-state index in [4.69, 9.17) is 5.73 Å². The third-order valence-electron chi connectivity index (χ3n) is 3.23. The molecule has 0 saturated heterocycles. The molecule has 0 unspecified atom stereocenters. The van der Waals surface area contributed by atoms with Gasteiger partial charge in [0.15, 0.2) is 0 Å². The van der Waals surface area contributed by atoms with Crippen LogP contribution in [0.25, 0.3) is 0 Å². The van der Waals surface area contributed by atoms with E-state index in [9.17, 15) is 0 Å². The number of nitrogens with zero attached hydrogens (tertiary/aromatic N) is 1. The number of nitrogens with one attached hydrogen (secondary N) is 1. The van der Waals surface area contributed by atoms with Gasteiger partial charge in [-0.15, -0.1) is 0 Å². The molecule has 84 valence electrons. The normalized spacial score (nSPS) is 11.4. The van der Waals surface area contributed by atoms with E-state index in [0.29, 0.717) is 5.82 Å². The largest absolute Gasteiger partial charge is 0.384 e. The molecular weight excluding hydrogens is 186 g/mol. The van der Waals surface area contributed by atoms with Crippen molar-refractivity contribution in [3.63, 3.8) is 0 Å². The molecular formula is C12H21N3. The highest BCUT2D eigenvalue weighted by Crippen LogP contribution is 2.25. The SMILES string of the molecule is CCC(CC)(CC)Nc1ccc(N)nc1. The van der Waals surface area contributed by atoms with E-state index in [-0.39, 0.29) is 5.54 Å².